The van der Waals surface area contributed by atoms with Gasteiger partial charge in [-0.15, -0.1) is 0 Å². The van der Waals surface area contributed by atoms with Crippen LogP contribution in [0.3, 0.4) is 0 Å². The van der Waals surface area contributed by atoms with E-state index in [-0.39, 0.29) is 49.5 Å². The first-order chi connectivity index (χ1) is 30.4. The molecule has 3 aromatic heterocycles. The van der Waals surface area contributed by atoms with Crippen molar-refractivity contribution in [2.45, 2.75) is 85.0 Å². The number of aliphatic hydroxyl groups is 1. The summed E-state index contributed by atoms with van der Waals surface area (Å²) in [6, 6.07) is 11.1. The minimum absolute atomic E-state index is 0.0268. The Hall–Kier alpha value is -5.46. The number of sulfonamides is 1. The van der Waals surface area contributed by atoms with Crippen molar-refractivity contribution < 1.29 is 46.9 Å². The summed E-state index contributed by atoms with van der Waals surface area (Å²) in [5, 5.41) is 29.7. The number of hydrogen-bond donors (Lipinski definition) is 3. The third-order valence-electron chi connectivity index (χ3n) is 11.5. The van der Waals surface area contributed by atoms with Crippen LogP contribution in [0, 0.1) is 22.7 Å². The highest BCUT2D eigenvalue weighted by atomic mass is 32.2. The molecule has 20 heteroatoms. The van der Waals surface area contributed by atoms with E-state index in [1.807, 2.05) is 26.0 Å². The van der Waals surface area contributed by atoms with Crippen molar-refractivity contribution in [2.75, 3.05) is 65.0 Å². The summed E-state index contributed by atoms with van der Waals surface area (Å²) in [5.74, 6) is -0.128. The summed E-state index contributed by atoms with van der Waals surface area (Å²) in [4.78, 5) is 47.7. The van der Waals surface area contributed by atoms with Gasteiger partial charge in [-0.2, -0.15) is 14.7 Å². The number of amides is 2. The topological polar surface area (TPSA) is 242 Å². The molecule has 3 atom stereocenters. The van der Waals surface area contributed by atoms with E-state index < -0.39 is 38.8 Å². The Bertz CT molecular complexity index is 2370. The van der Waals surface area contributed by atoms with Crippen LogP contribution < -0.4 is 15.4 Å². The first kappa shape index (κ1) is 49.6. The fourth-order valence-electron chi connectivity index (χ4n) is 7.37. The second-order valence-electron chi connectivity index (χ2n) is 16.9. The van der Waals surface area contributed by atoms with Crippen molar-refractivity contribution in [2.24, 2.45) is 11.3 Å². The minimum atomic E-state index is -3.40. The summed E-state index contributed by atoms with van der Waals surface area (Å²) < 4.78 is 52.1. The van der Waals surface area contributed by atoms with E-state index in [9.17, 15) is 33.2 Å². The highest BCUT2D eigenvalue weighted by Gasteiger charge is 2.50. The van der Waals surface area contributed by atoms with Crippen molar-refractivity contribution in [1.29, 1.82) is 5.26 Å². The van der Waals surface area contributed by atoms with E-state index in [1.165, 1.54) is 15.2 Å². The number of nitrogens with one attached hydrogen (secondary N) is 2. The Morgan fingerprint density at radius 1 is 0.984 bits per heavy atom. The highest BCUT2D eigenvalue weighted by molar-refractivity contribution is 7.89. The lowest BCUT2D eigenvalue weighted by atomic mass is 9.78. The van der Waals surface area contributed by atoms with Crippen molar-refractivity contribution >= 4 is 39.0 Å². The molecule has 5 rings (SSSR count). The van der Waals surface area contributed by atoms with Crippen LogP contribution in [0.15, 0.2) is 55.2 Å². The molecule has 1 aliphatic heterocycles. The molecule has 2 amide bonds. The summed E-state index contributed by atoms with van der Waals surface area (Å²) in [7, 11) is -3.40. The number of ether oxygens (including phenoxy) is 4. The molecule has 0 spiro atoms. The van der Waals surface area contributed by atoms with E-state index in [0.29, 0.717) is 80.5 Å². The van der Waals surface area contributed by atoms with Gasteiger partial charge in [0.25, 0.3) is 0 Å². The Morgan fingerprint density at radius 3 is 2.33 bits per heavy atom. The van der Waals surface area contributed by atoms with Crippen LogP contribution >= 0.6 is 0 Å². The van der Waals surface area contributed by atoms with Gasteiger partial charge in [0.05, 0.1) is 62.7 Å². The molecule has 1 saturated heterocycles. The molecule has 0 radical (unpaired) electrons. The zero-order valence-electron chi connectivity index (χ0n) is 37.7. The Balaban J connectivity index is 1.03. The predicted octanol–water partition coefficient (Wildman–Crippen LogP) is 3.96. The van der Waals surface area contributed by atoms with Gasteiger partial charge in [-0.3, -0.25) is 14.3 Å². The van der Waals surface area contributed by atoms with Crippen molar-refractivity contribution in [3.63, 3.8) is 0 Å². The summed E-state index contributed by atoms with van der Waals surface area (Å²) in [5.41, 5.74) is -0.367. The number of carbonyl (C=O) groups is 3. The highest BCUT2D eigenvalue weighted by Crippen LogP contribution is 2.36. The standard InChI is InChI=1S/C44H61N9O10S/c1-8-43(7,40(56)47-25-32(4)54)24-31(3)39(55)46-17-19-60-20-21-61-22-23-62-35-12-10-34(11-13-35)42(5,6)63-41(57)52-18-14-36-37(48-30-49-38(36)52)33-26-50-53(27-33)44(15-16-45)28-51(29-44)64(58,59)9-2/h10-14,18,26-27,30-32,54H,8-9,15,17,19-25,28-29H2,1-7H3,(H,46,55)(H,47,56). The molecule has 0 aliphatic carbocycles. The lowest BCUT2D eigenvalue weighted by Crippen LogP contribution is -2.64. The van der Waals surface area contributed by atoms with Gasteiger partial charge in [-0.1, -0.05) is 32.9 Å². The largest absolute Gasteiger partial charge is 0.491 e. The smallest absolute Gasteiger partial charge is 0.420 e. The van der Waals surface area contributed by atoms with Gasteiger partial charge in [-0.25, -0.2) is 27.7 Å². The average molecular weight is 908 g/mol. The second-order valence-corrected chi connectivity index (χ2v) is 19.1. The van der Waals surface area contributed by atoms with Gasteiger partial charge in [-0.05, 0) is 64.3 Å². The third-order valence-corrected chi connectivity index (χ3v) is 13.3. The number of benzene rings is 1. The van der Waals surface area contributed by atoms with E-state index in [1.54, 1.807) is 76.1 Å². The van der Waals surface area contributed by atoms with Crippen LogP contribution in [0.25, 0.3) is 22.3 Å². The Labute approximate surface area is 374 Å². The van der Waals surface area contributed by atoms with E-state index >= 15 is 0 Å². The van der Waals surface area contributed by atoms with Crippen LogP contribution in [-0.4, -0.2) is 131 Å². The zero-order valence-corrected chi connectivity index (χ0v) is 38.5. The molecule has 4 aromatic rings. The van der Waals surface area contributed by atoms with Crippen LogP contribution in [0.2, 0.25) is 0 Å². The number of aromatic nitrogens is 5. The number of carbonyl (C=O) groups excluding carboxylic acids is 3. The lowest BCUT2D eigenvalue weighted by molar-refractivity contribution is -0.133. The molecule has 1 aliphatic rings. The maximum Gasteiger partial charge on any atom is 0.420 e. The monoisotopic (exact) mass is 907 g/mol. The number of rotatable bonds is 24. The van der Waals surface area contributed by atoms with Gasteiger partial charge >= 0.3 is 6.09 Å². The molecular weight excluding hydrogens is 847 g/mol. The van der Waals surface area contributed by atoms with E-state index in [2.05, 4.69) is 31.8 Å². The van der Waals surface area contributed by atoms with Crippen molar-refractivity contribution in [3.8, 4) is 23.1 Å². The van der Waals surface area contributed by atoms with Gasteiger partial charge in [0.15, 0.2) is 5.65 Å². The molecule has 3 unspecified atom stereocenters. The van der Waals surface area contributed by atoms with Crippen molar-refractivity contribution in [1.82, 2.24) is 39.3 Å². The summed E-state index contributed by atoms with van der Waals surface area (Å²) in [6.07, 6.45) is 5.97. The number of nitrogens with zero attached hydrogens (tertiary/aromatic N) is 7. The molecular formula is C44H61N9O10S. The number of hydrogen-bond acceptors (Lipinski definition) is 14. The van der Waals surface area contributed by atoms with Crippen molar-refractivity contribution in [3.05, 3.63) is 60.8 Å². The maximum atomic E-state index is 13.6. The second kappa shape index (κ2) is 21.5. The lowest BCUT2D eigenvalue weighted by Gasteiger charge is -2.47. The van der Waals surface area contributed by atoms with Gasteiger partial charge < -0.3 is 34.7 Å². The maximum absolute atomic E-state index is 13.6. The fraction of sp³-hybridized carbons (Fsp3) is 0.568. The van der Waals surface area contributed by atoms with Gasteiger partial charge in [0.1, 0.15) is 29.8 Å². The Morgan fingerprint density at radius 2 is 1.67 bits per heavy atom. The first-order valence-electron chi connectivity index (χ1n) is 21.5. The average Bonchev–Trinajstić information content (AvgIpc) is 3.93. The molecule has 3 N–H and O–H groups in total. The molecule has 348 valence electrons. The predicted molar refractivity (Wildman–Crippen MR) is 236 cm³/mol. The Kier molecular flexibility index (Phi) is 16.6. The third kappa shape index (κ3) is 12.0. The van der Waals surface area contributed by atoms with Crippen LogP contribution in [0.5, 0.6) is 5.75 Å². The quantitative estimate of drug-likeness (QED) is 0.0844. The number of nitriles is 1. The molecule has 1 aromatic carbocycles. The normalized spacial score (nSPS) is 15.9. The van der Waals surface area contributed by atoms with E-state index in [0.717, 1.165) is 5.56 Å². The minimum Gasteiger partial charge on any atom is -0.491 e. The molecule has 0 bridgehead atoms. The summed E-state index contributed by atoms with van der Waals surface area (Å²) in [6.45, 7) is 14.7. The SMILES string of the molecule is CCC(C)(CC(C)C(=O)NCCOCCOCCOc1ccc(C(C)(C)OC(=O)n2ccc3c(-c4cnn(C5(CC#N)CN(S(=O)(=O)CC)C5)c4)ncnc32)cc1)C(=O)NCC(C)O. The zero-order chi connectivity index (χ0) is 46.7. The number of fused-ring (bicyclic) bond motifs is 1. The molecule has 0 saturated carbocycles. The first-order valence-corrected chi connectivity index (χ1v) is 23.1. The molecule has 19 nitrogen and oxygen atoms in total. The van der Waals surface area contributed by atoms with E-state index in [4.69, 9.17) is 18.9 Å². The molecule has 4 heterocycles. The molecule has 1 fully saturated rings. The molecule has 64 heavy (non-hydrogen) atoms. The van der Waals surface area contributed by atoms with Gasteiger partial charge in [0.2, 0.25) is 21.8 Å². The van der Waals surface area contributed by atoms with Gasteiger partial charge in [0, 0.05) is 60.9 Å². The van der Waals surface area contributed by atoms with Crippen LogP contribution in [-0.2, 0) is 45.0 Å². The van der Waals surface area contributed by atoms with Crippen LogP contribution in [0.4, 0.5) is 4.79 Å². The fourth-order valence-corrected chi connectivity index (χ4v) is 8.61. The summed E-state index contributed by atoms with van der Waals surface area (Å²) >= 11 is 0. The van der Waals surface area contributed by atoms with Crippen LogP contribution in [0.1, 0.15) is 73.3 Å². The number of aliphatic hydroxyl groups excluding tert-OH is 1.